The molecule has 1 saturated heterocycles. The fourth-order valence-electron chi connectivity index (χ4n) is 2.47. The Hall–Kier alpha value is -2.99. The molecule has 2 N–H and O–H groups in total. The molecule has 0 bridgehead atoms. The Morgan fingerprint density at radius 2 is 2.16 bits per heavy atom. The number of hydrogen-bond acceptors (Lipinski definition) is 7. The lowest BCUT2D eigenvalue weighted by Gasteiger charge is -2.27. The number of aromatic nitrogens is 2. The number of nitrogens with zero attached hydrogens (tertiary/aromatic N) is 4. The van der Waals surface area contributed by atoms with Crippen molar-refractivity contribution < 1.29 is 9.59 Å². The Balaban J connectivity index is 1.64. The third kappa shape index (κ3) is 3.29. The summed E-state index contributed by atoms with van der Waals surface area (Å²) in [6.45, 7) is 4.15. The van der Waals surface area contributed by atoms with Gasteiger partial charge in [-0.15, -0.1) is 11.3 Å². The van der Waals surface area contributed by atoms with Gasteiger partial charge in [0, 0.05) is 19.3 Å². The molecule has 0 aromatic carbocycles. The van der Waals surface area contributed by atoms with Crippen molar-refractivity contribution in [2.45, 2.75) is 19.4 Å². The predicted molar refractivity (Wildman–Crippen MR) is 92.9 cm³/mol. The number of nitrogens with one attached hydrogen (secondary N) is 2. The molecule has 0 saturated carbocycles. The number of nitriles is 1. The highest BCUT2D eigenvalue weighted by atomic mass is 32.1. The molecule has 0 atom stereocenters. The van der Waals surface area contributed by atoms with Gasteiger partial charge in [0.05, 0.1) is 10.6 Å². The van der Waals surface area contributed by atoms with Crippen molar-refractivity contribution in [3.8, 4) is 16.6 Å². The second-order valence-electron chi connectivity index (χ2n) is 5.94. The highest BCUT2D eigenvalue weighted by molar-refractivity contribution is 7.15. The Morgan fingerprint density at radius 1 is 1.36 bits per heavy atom. The molecule has 2 aromatic heterocycles. The fourth-order valence-corrected chi connectivity index (χ4v) is 3.24. The molecule has 0 unspecified atom stereocenters. The van der Waals surface area contributed by atoms with E-state index in [1.807, 2.05) is 6.07 Å². The molecule has 9 heteroatoms. The van der Waals surface area contributed by atoms with Crippen LogP contribution >= 0.6 is 11.3 Å². The quantitative estimate of drug-likeness (QED) is 0.791. The van der Waals surface area contributed by atoms with E-state index in [2.05, 4.69) is 26.7 Å². The normalized spacial score (nSPS) is 15.8. The maximum Gasteiger partial charge on any atom is 0.325 e. The standard InChI is InChI=1S/C16H16N6O2S/c1-16(2)13(23)21-15(24)22(16)8-7-19-14-18-6-5-11(20-14)12-4-3-10(9-17)25-12/h3-6H,7-8H2,1-2H3,(H,18,19,20)(H,21,23,24). The summed E-state index contributed by atoms with van der Waals surface area (Å²) in [5.41, 5.74) is -0.148. The molecule has 8 nitrogen and oxygen atoms in total. The van der Waals surface area contributed by atoms with Crippen LogP contribution in [0.5, 0.6) is 0 Å². The molecule has 1 aliphatic heterocycles. The van der Waals surface area contributed by atoms with Crippen molar-refractivity contribution >= 4 is 29.2 Å². The van der Waals surface area contributed by atoms with E-state index in [4.69, 9.17) is 5.26 Å². The summed E-state index contributed by atoms with van der Waals surface area (Å²) in [5.74, 6) is 0.120. The number of urea groups is 1. The molecule has 0 spiro atoms. The average Bonchev–Trinajstić information content (AvgIpc) is 3.14. The molecule has 0 radical (unpaired) electrons. The summed E-state index contributed by atoms with van der Waals surface area (Å²) in [7, 11) is 0. The minimum atomic E-state index is -0.869. The van der Waals surface area contributed by atoms with Crippen LogP contribution in [0.4, 0.5) is 10.7 Å². The molecule has 2 aromatic rings. The topological polar surface area (TPSA) is 111 Å². The van der Waals surface area contributed by atoms with Gasteiger partial charge in [0.2, 0.25) is 5.95 Å². The first-order chi connectivity index (χ1) is 11.9. The number of amides is 3. The van der Waals surface area contributed by atoms with Gasteiger partial charge in [-0.3, -0.25) is 10.1 Å². The Labute approximate surface area is 148 Å². The number of imide groups is 1. The molecule has 1 fully saturated rings. The lowest BCUT2D eigenvalue weighted by atomic mass is 10.0. The Kier molecular flexibility index (Phi) is 4.37. The molecular formula is C16H16N6O2S. The summed E-state index contributed by atoms with van der Waals surface area (Å²) in [4.78, 5) is 35.1. The number of hydrogen-bond donors (Lipinski definition) is 2. The lowest BCUT2D eigenvalue weighted by Crippen LogP contribution is -2.46. The smallest absolute Gasteiger partial charge is 0.325 e. The van der Waals surface area contributed by atoms with Gasteiger partial charge in [-0.25, -0.2) is 14.8 Å². The zero-order valence-corrected chi connectivity index (χ0v) is 14.6. The molecular weight excluding hydrogens is 340 g/mol. The van der Waals surface area contributed by atoms with E-state index in [0.717, 1.165) is 10.6 Å². The number of thiophene rings is 1. The molecule has 128 valence electrons. The maximum atomic E-state index is 11.8. The van der Waals surface area contributed by atoms with Crippen molar-refractivity contribution in [3.05, 3.63) is 29.3 Å². The van der Waals surface area contributed by atoms with E-state index >= 15 is 0 Å². The van der Waals surface area contributed by atoms with Crippen molar-refractivity contribution in [2.24, 2.45) is 0 Å². The third-order valence-electron chi connectivity index (χ3n) is 3.94. The highest BCUT2D eigenvalue weighted by Gasteiger charge is 2.44. The van der Waals surface area contributed by atoms with E-state index in [1.54, 1.807) is 32.2 Å². The van der Waals surface area contributed by atoms with Crippen molar-refractivity contribution in [1.82, 2.24) is 20.2 Å². The van der Waals surface area contributed by atoms with Gasteiger partial charge in [0.1, 0.15) is 16.5 Å². The lowest BCUT2D eigenvalue weighted by molar-refractivity contribution is -0.125. The molecule has 3 heterocycles. The van der Waals surface area contributed by atoms with Crippen LogP contribution in [-0.2, 0) is 4.79 Å². The van der Waals surface area contributed by atoms with Crippen LogP contribution in [0, 0.1) is 11.3 Å². The molecule has 1 aliphatic rings. The monoisotopic (exact) mass is 356 g/mol. The number of carbonyl (C=O) groups excluding carboxylic acids is 2. The number of carbonyl (C=O) groups is 2. The van der Waals surface area contributed by atoms with Gasteiger partial charge in [-0.1, -0.05) is 0 Å². The summed E-state index contributed by atoms with van der Waals surface area (Å²) in [5, 5.41) is 14.3. The van der Waals surface area contributed by atoms with Crippen LogP contribution in [0.3, 0.4) is 0 Å². The van der Waals surface area contributed by atoms with Crippen LogP contribution < -0.4 is 10.6 Å². The average molecular weight is 356 g/mol. The van der Waals surface area contributed by atoms with Crippen molar-refractivity contribution in [1.29, 1.82) is 5.26 Å². The van der Waals surface area contributed by atoms with Crippen LogP contribution in [0.15, 0.2) is 24.4 Å². The van der Waals surface area contributed by atoms with Crippen molar-refractivity contribution in [3.63, 3.8) is 0 Å². The number of anilines is 1. The summed E-state index contributed by atoms with van der Waals surface area (Å²) < 4.78 is 0. The second kappa shape index (κ2) is 6.49. The van der Waals surface area contributed by atoms with Crippen LogP contribution in [0.2, 0.25) is 0 Å². The second-order valence-corrected chi connectivity index (χ2v) is 7.02. The predicted octanol–water partition coefficient (Wildman–Crippen LogP) is 1.82. The summed E-state index contributed by atoms with van der Waals surface area (Å²) >= 11 is 1.36. The SMILES string of the molecule is CC1(C)C(=O)NC(=O)N1CCNc1nccc(-c2ccc(C#N)s2)n1. The summed E-state index contributed by atoms with van der Waals surface area (Å²) in [6, 6.07) is 7.07. The minimum absolute atomic E-state index is 0.304. The van der Waals surface area contributed by atoms with E-state index in [9.17, 15) is 9.59 Å². The Morgan fingerprint density at radius 3 is 2.80 bits per heavy atom. The molecule has 3 amide bonds. The highest BCUT2D eigenvalue weighted by Crippen LogP contribution is 2.26. The zero-order valence-electron chi connectivity index (χ0n) is 13.7. The number of rotatable bonds is 5. The van der Waals surface area contributed by atoms with Gasteiger partial charge >= 0.3 is 6.03 Å². The van der Waals surface area contributed by atoms with Crippen LogP contribution in [0.25, 0.3) is 10.6 Å². The van der Waals surface area contributed by atoms with Gasteiger partial charge in [0.15, 0.2) is 0 Å². The molecule has 25 heavy (non-hydrogen) atoms. The van der Waals surface area contributed by atoms with E-state index in [1.165, 1.54) is 16.2 Å². The first-order valence-electron chi connectivity index (χ1n) is 7.62. The molecule has 0 aliphatic carbocycles. The third-order valence-corrected chi connectivity index (χ3v) is 4.95. The van der Waals surface area contributed by atoms with E-state index < -0.39 is 11.6 Å². The van der Waals surface area contributed by atoms with E-state index in [0.29, 0.717) is 23.9 Å². The van der Waals surface area contributed by atoms with Gasteiger partial charge in [-0.05, 0) is 32.0 Å². The fraction of sp³-hybridized carbons (Fsp3) is 0.312. The molecule has 3 rings (SSSR count). The van der Waals surface area contributed by atoms with Gasteiger partial charge in [-0.2, -0.15) is 5.26 Å². The first kappa shape index (κ1) is 16.9. The largest absolute Gasteiger partial charge is 0.352 e. The van der Waals surface area contributed by atoms with Crippen molar-refractivity contribution in [2.75, 3.05) is 18.4 Å². The first-order valence-corrected chi connectivity index (χ1v) is 8.44. The maximum absolute atomic E-state index is 11.8. The van der Waals surface area contributed by atoms with Gasteiger partial charge in [0.25, 0.3) is 5.91 Å². The summed E-state index contributed by atoms with van der Waals surface area (Å²) in [6.07, 6.45) is 1.63. The zero-order chi connectivity index (χ0) is 18.0. The van der Waals surface area contributed by atoms with Crippen LogP contribution in [0.1, 0.15) is 18.7 Å². The Bertz CT molecular complexity index is 870. The van der Waals surface area contributed by atoms with Crippen LogP contribution in [-0.4, -0.2) is 45.4 Å². The van der Waals surface area contributed by atoms with E-state index in [-0.39, 0.29) is 5.91 Å². The van der Waals surface area contributed by atoms with Gasteiger partial charge < -0.3 is 10.2 Å². The minimum Gasteiger partial charge on any atom is -0.352 e.